The minimum absolute atomic E-state index is 0.0327. The van der Waals surface area contributed by atoms with Crippen molar-refractivity contribution in [2.45, 2.75) is 26.7 Å². The van der Waals surface area contributed by atoms with Gasteiger partial charge in [-0.2, -0.15) is 0 Å². The maximum Gasteiger partial charge on any atom is 0.225 e. The molecule has 0 aromatic carbocycles. The van der Waals surface area contributed by atoms with Crippen molar-refractivity contribution in [3.8, 4) is 0 Å². The lowest BCUT2D eigenvalue weighted by Gasteiger charge is -2.35. The second-order valence-corrected chi connectivity index (χ2v) is 6.67. The van der Waals surface area contributed by atoms with Crippen LogP contribution in [0.4, 0.5) is 5.95 Å². The van der Waals surface area contributed by atoms with E-state index < -0.39 is 0 Å². The zero-order valence-corrected chi connectivity index (χ0v) is 13.8. The molecular weight excluding hydrogens is 282 g/mol. The summed E-state index contributed by atoms with van der Waals surface area (Å²) in [5, 5.41) is 0. The summed E-state index contributed by atoms with van der Waals surface area (Å²) in [6.45, 7) is 9.46. The van der Waals surface area contributed by atoms with E-state index in [9.17, 15) is 0 Å². The predicted octanol–water partition coefficient (Wildman–Crippen LogP) is 1.69. The fourth-order valence-electron chi connectivity index (χ4n) is 2.49. The van der Waals surface area contributed by atoms with E-state index >= 15 is 0 Å². The van der Waals surface area contributed by atoms with Crippen LogP contribution in [0.1, 0.15) is 26.7 Å². The number of nitrogens with two attached hydrogens (primary N) is 1. The van der Waals surface area contributed by atoms with Gasteiger partial charge in [-0.15, -0.1) is 0 Å². The standard InChI is InChI=1S/C15H25N5S/c1-15(2,13(16)21)5-3-8-19-9-11-20(12-10-19)14-17-6-4-7-18-14/h4,6-7H,3,5,8-12H2,1-2H3,(H2,16,21). The van der Waals surface area contributed by atoms with Gasteiger partial charge in [0.15, 0.2) is 0 Å². The molecule has 0 atom stereocenters. The molecule has 2 heterocycles. The number of hydrogen-bond donors (Lipinski definition) is 1. The first-order chi connectivity index (χ1) is 9.99. The number of nitrogens with zero attached hydrogens (tertiary/aromatic N) is 4. The van der Waals surface area contributed by atoms with Crippen molar-refractivity contribution < 1.29 is 0 Å². The zero-order chi connectivity index (χ0) is 15.3. The van der Waals surface area contributed by atoms with Crippen molar-refractivity contribution in [1.82, 2.24) is 14.9 Å². The van der Waals surface area contributed by atoms with Crippen LogP contribution >= 0.6 is 12.2 Å². The maximum absolute atomic E-state index is 5.77. The summed E-state index contributed by atoms with van der Waals surface area (Å²) in [6.07, 6.45) is 5.77. The highest BCUT2D eigenvalue weighted by atomic mass is 32.1. The SMILES string of the molecule is CC(C)(CCCN1CCN(c2ncccn2)CC1)C(N)=S. The Balaban J connectivity index is 1.71. The Kier molecular flexibility index (Phi) is 5.47. The van der Waals surface area contributed by atoms with Gasteiger partial charge in [-0.3, -0.25) is 4.90 Å². The van der Waals surface area contributed by atoms with Gasteiger partial charge < -0.3 is 10.6 Å². The van der Waals surface area contributed by atoms with Crippen molar-refractivity contribution in [3.63, 3.8) is 0 Å². The van der Waals surface area contributed by atoms with Gasteiger partial charge in [-0.1, -0.05) is 26.1 Å². The number of thiocarbonyl (C=S) groups is 1. The average molecular weight is 307 g/mol. The van der Waals surface area contributed by atoms with E-state index in [-0.39, 0.29) is 5.41 Å². The third kappa shape index (κ3) is 4.61. The molecule has 21 heavy (non-hydrogen) atoms. The Morgan fingerprint density at radius 3 is 2.43 bits per heavy atom. The molecule has 0 bridgehead atoms. The van der Waals surface area contributed by atoms with Gasteiger partial charge in [-0.25, -0.2) is 9.97 Å². The normalized spacial score (nSPS) is 17.0. The Hall–Kier alpha value is -1.27. The van der Waals surface area contributed by atoms with E-state index in [2.05, 4.69) is 33.6 Å². The van der Waals surface area contributed by atoms with Crippen molar-refractivity contribution >= 4 is 23.2 Å². The zero-order valence-electron chi connectivity index (χ0n) is 13.0. The summed E-state index contributed by atoms with van der Waals surface area (Å²) in [6, 6.07) is 1.85. The molecule has 1 fully saturated rings. The van der Waals surface area contributed by atoms with E-state index in [1.807, 2.05) is 6.07 Å². The Morgan fingerprint density at radius 2 is 1.86 bits per heavy atom. The molecule has 1 saturated heterocycles. The monoisotopic (exact) mass is 307 g/mol. The van der Waals surface area contributed by atoms with Crippen molar-refractivity contribution in [2.75, 3.05) is 37.6 Å². The Bertz CT molecular complexity index is 454. The summed E-state index contributed by atoms with van der Waals surface area (Å²) >= 11 is 5.11. The molecule has 2 rings (SSSR count). The van der Waals surface area contributed by atoms with Crippen LogP contribution < -0.4 is 10.6 Å². The predicted molar refractivity (Wildman–Crippen MR) is 90.5 cm³/mol. The minimum atomic E-state index is -0.0327. The highest BCUT2D eigenvalue weighted by molar-refractivity contribution is 7.80. The van der Waals surface area contributed by atoms with Gasteiger partial charge in [0.2, 0.25) is 5.95 Å². The molecule has 0 aliphatic carbocycles. The van der Waals surface area contributed by atoms with E-state index in [0.717, 1.165) is 51.5 Å². The van der Waals surface area contributed by atoms with Gasteiger partial charge in [0.05, 0.1) is 4.99 Å². The summed E-state index contributed by atoms with van der Waals surface area (Å²) in [5.41, 5.74) is 5.74. The highest BCUT2D eigenvalue weighted by Gasteiger charge is 2.22. The first-order valence-corrected chi connectivity index (χ1v) is 7.94. The quantitative estimate of drug-likeness (QED) is 0.807. The third-order valence-electron chi connectivity index (χ3n) is 4.15. The molecular formula is C15H25N5S. The molecule has 1 aromatic rings. The second-order valence-electron chi connectivity index (χ2n) is 6.23. The van der Waals surface area contributed by atoms with Crippen molar-refractivity contribution in [1.29, 1.82) is 0 Å². The lowest BCUT2D eigenvalue weighted by molar-refractivity contribution is 0.243. The van der Waals surface area contributed by atoms with Crippen LogP contribution in [-0.2, 0) is 0 Å². The molecule has 5 nitrogen and oxygen atoms in total. The molecule has 0 spiro atoms. The Labute approximate surface area is 132 Å². The van der Waals surface area contributed by atoms with Crippen LogP contribution in [-0.4, -0.2) is 52.6 Å². The van der Waals surface area contributed by atoms with E-state index in [1.165, 1.54) is 0 Å². The molecule has 6 heteroatoms. The average Bonchev–Trinajstić information content (AvgIpc) is 2.48. The van der Waals surface area contributed by atoms with Gasteiger partial charge in [0.25, 0.3) is 0 Å². The van der Waals surface area contributed by atoms with Gasteiger partial charge in [0, 0.05) is 44.0 Å². The minimum Gasteiger partial charge on any atom is -0.393 e. The topological polar surface area (TPSA) is 58.3 Å². The summed E-state index contributed by atoms with van der Waals surface area (Å²) < 4.78 is 0. The fraction of sp³-hybridized carbons (Fsp3) is 0.667. The van der Waals surface area contributed by atoms with Crippen LogP contribution in [0.15, 0.2) is 18.5 Å². The van der Waals surface area contributed by atoms with E-state index in [1.54, 1.807) is 12.4 Å². The van der Waals surface area contributed by atoms with Gasteiger partial charge >= 0.3 is 0 Å². The number of piperazine rings is 1. The van der Waals surface area contributed by atoms with Crippen LogP contribution in [0.25, 0.3) is 0 Å². The summed E-state index contributed by atoms with van der Waals surface area (Å²) in [5.74, 6) is 0.840. The number of anilines is 1. The smallest absolute Gasteiger partial charge is 0.225 e. The summed E-state index contributed by atoms with van der Waals surface area (Å²) in [4.78, 5) is 14.0. The van der Waals surface area contributed by atoms with Crippen LogP contribution in [0.3, 0.4) is 0 Å². The van der Waals surface area contributed by atoms with Gasteiger partial charge in [0.1, 0.15) is 0 Å². The lowest BCUT2D eigenvalue weighted by atomic mass is 9.88. The molecule has 0 saturated carbocycles. The highest BCUT2D eigenvalue weighted by Crippen LogP contribution is 2.23. The number of hydrogen-bond acceptors (Lipinski definition) is 5. The second kappa shape index (κ2) is 7.13. The fourth-order valence-corrected chi connectivity index (χ4v) is 2.60. The number of rotatable bonds is 6. The molecule has 116 valence electrons. The Morgan fingerprint density at radius 1 is 1.24 bits per heavy atom. The molecule has 0 amide bonds. The van der Waals surface area contributed by atoms with Crippen molar-refractivity contribution in [3.05, 3.63) is 18.5 Å². The maximum atomic E-state index is 5.77. The molecule has 0 unspecified atom stereocenters. The molecule has 1 aliphatic rings. The van der Waals surface area contributed by atoms with E-state index in [0.29, 0.717) is 4.99 Å². The van der Waals surface area contributed by atoms with Crippen LogP contribution in [0, 0.1) is 5.41 Å². The first kappa shape index (κ1) is 16.1. The summed E-state index contributed by atoms with van der Waals surface area (Å²) in [7, 11) is 0. The lowest BCUT2D eigenvalue weighted by Crippen LogP contribution is -2.47. The van der Waals surface area contributed by atoms with Gasteiger partial charge in [-0.05, 0) is 25.5 Å². The molecule has 1 aromatic heterocycles. The first-order valence-electron chi connectivity index (χ1n) is 7.53. The molecule has 1 aliphatic heterocycles. The molecule has 2 N–H and O–H groups in total. The third-order valence-corrected chi connectivity index (χ3v) is 4.70. The van der Waals surface area contributed by atoms with Crippen molar-refractivity contribution in [2.24, 2.45) is 11.1 Å². The van der Waals surface area contributed by atoms with E-state index in [4.69, 9.17) is 18.0 Å². The van der Waals surface area contributed by atoms with Crippen LogP contribution in [0.5, 0.6) is 0 Å². The van der Waals surface area contributed by atoms with Crippen LogP contribution in [0.2, 0.25) is 0 Å². The largest absolute Gasteiger partial charge is 0.393 e. The number of aromatic nitrogens is 2. The molecule has 0 radical (unpaired) electrons.